The van der Waals surface area contributed by atoms with Crippen LogP contribution < -0.4 is 25.1 Å². The first kappa shape index (κ1) is 18.9. The molecule has 1 saturated carbocycles. The molecule has 7 nitrogen and oxygen atoms in total. The summed E-state index contributed by atoms with van der Waals surface area (Å²) in [7, 11) is 4.44. The molecule has 0 bridgehead atoms. The second-order valence-corrected chi connectivity index (χ2v) is 6.11. The molecule has 1 aromatic rings. The Labute approximate surface area is 148 Å². The van der Waals surface area contributed by atoms with Gasteiger partial charge in [-0.15, -0.1) is 0 Å². The first-order valence-corrected chi connectivity index (χ1v) is 8.48. The number of carbonyl (C=O) groups is 2. The fourth-order valence-electron chi connectivity index (χ4n) is 3.11. The lowest BCUT2D eigenvalue weighted by molar-refractivity contribution is -0.122. The maximum Gasteiger partial charge on any atom is 0.269 e. The largest absolute Gasteiger partial charge is 0.493 e. The van der Waals surface area contributed by atoms with E-state index in [4.69, 9.17) is 14.2 Å². The van der Waals surface area contributed by atoms with E-state index in [2.05, 4.69) is 10.9 Å². The summed E-state index contributed by atoms with van der Waals surface area (Å²) in [6.07, 6.45) is 6.19. The highest BCUT2D eigenvalue weighted by Crippen LogP contribution is 2.38. The van der Waals surface area contributed by atoms with Gasteiger partial charge in [-0.1, -0.05) is 25.7 Å². The highest BCUT2D eigenvalue weighted by atomic mass is 16.5. The van der Waals surface area contributed by atoms with Crippen LogP contribution in [0.3, 0.4) is 0 Å². The number of methoxy groups -OCH3 is 3. The fourth-order valence-corrected chi connectivity index (χ4v) is 3.11. The van der Waals surface area contributed by atoms with E-state index >= 15 is 0 Å². The molecule has 0 radical (unpaired) electrons. The van der Waals surface area contributed by atoms with Crippen LogP contribution in [0.25, 0.3) is 0 Å². The molecule has 1 aliphatic rings. The van der Waals surface area contributed by atoms with E-state index in [1.54, 1.807) is 0 Å². The molecule has 0 aromatic heterocycles. The predicted molar refractivity (Wildman–Crippen MR) is 92.9 cm³/mol. The van der Waals surface area contributed by atoms with E-state index in [0.29, 0.717) is 35.2 Å². The summed E-state index contributed by atoms with van der Waals surface area (Å²) in [5.41, 5.74) is 5.18. The Morgan fingerprint density at radius 2 is 1.60 bits per heavy atom. The molecule has 2 rings (SSSR count). The van der Waals surface area contributed by atoms with E-state index in [1.165, 1.54) is 59.1 Å². The van der Waals surface area contributed by atoms with Crippen LogP contribution in [0, 0.1) is 5.92 Å². The molecule has 1 aromatic carbocycles. The zero-order valence-corrected chi connectivity index (χ0v) is 15.0. The molecular formula is C18H26N2O5. The van der Waals surface area contributed by atoms with Gasteiger partial charge in [-0.3, -0.25) is 20.4 Å². The van der Waals surface area contributed by atoms with Crippen LogP contribution >= 0.6 is 0 Å². The Balaban J connectivity index is 1.92. The second-order valence-electron chi connectivity index (χ2n) is 6.11. The summed E-state index contributed by atoms with van der Waals surface area (Å²) < 4.78 is 15.7. The van der Waals surface area contributed by atoms with E-state index in [0.717, 1.165) is 6.42 Å². The Morgan fingerprint density at radius 1 is 1.00 bits per heavy atom. The van der Waals surface area contributed by atoms with Crippen molar-refractivity contribution in [2.24, 2.45) is 5.92 Å². The van der Waals surface area contributed by atoms with Crippen molar-refractivity contribution in [1.82, 2.24) is 10.9 Å². The van der Waals surface area contributed by atoms with Crippen LogP contribution in [0.4, 0.5) is 0 Å². The lowest BCUT2D eigenvalue weighted by Gasteiger charge is -2.14. The standard InChI is InChI=1S/C18H26N2O5/c1-23-14-10-13(11-15(24-2)17(14)25-3)18(22)20-19-16(21)9-8-12-6-4-5-7-12/h10-12H,4-9H2,1-3H3,(H,19,21)(H,20,22). The third-order valence-electron chi connectivity index (χ3n) is 4.50. The van der Waals surface area contributed by atoms with Crippen molar-refractivity contribution in [2.75, 3.05) is 21.3 Å². The van der Waals surface area contributed by atoms with Gasteiger partial charge < -0.3 is 14.2 Å². The van der Waals surface area contributed by atoms with Gasteiger partial charge in [0, 0.05) is 12.0 Å². The summed E-state index contributed by atoms with van der Waals surface area (Å²) in [6, 6.07) is 3.06. The Kier molecular flexibility index (Phi) is 6.91. The smallest absolute Gasteiger partial charge is 0.269 e. The third kappa shape index (κ3) is 5.01. The quantitative estimate of drug-likeness (QED) is 0.738. The number of hydrogen-bond donors (Lipinski definition) is 2. The van der Waals surface area contributed by atoms with Gasteiger partial charge in [0.2, 0.25) is 11.7 Å². The maximum absolute atomic E-state index is 12.3. The SMILES string of the molecule is COc1cc(C(=O)NNC(=O)CCC2CCCC2)cc(OC)c1OC. The summed E-state index contributed by atoms with van der Waals surface area (Å²) >= 11 is 0. The molecule has 2 amide bonds. The highest BCUT2D eigenvalue weighted by Gasteiger charge is 2.18. The number of ether oxygens (including phenoxy) is 3. The lowest BCUT2D eigenvalue weighted by atomic mass is 10.0. The number of amides is 2. The zero-order chi connectivity index (χ0) is 18.2. The van der Waals surface area contributed by atoms with Crippen LogP contribution in [0.1, 0.15) is 48.9 Å². The van der Waals surface area contributed by atoms with Gasteiger partial charge in [0.15, 0.2) is 11.5 Å². The number of rotatable bonds is 7. The molecule has 25 heavy (non-hydrogen) atoms. The number of benzene rings is 1. The lowest BCUT2D eigenvalue weighted by Crippen LogP contribution is -2.41. The molecule has 0 atom stereocenters. The van der Waals surface area contributed by atoms with Crippen LogP contribution in [-0.4, -0.2) is 33.1 Å². The summed E-state index contributed by atoms with van der Waals surface area (Å²) in [5, 5.41) is 0. The van der Waals surface area contributed by atoms with Gasteiger partial charge in [0.25, 0.3) is 5.91 Å². The summed E-state index contributed by atoms with van der Waals surface area (Å²) in [6.45, 7) is 0. The average Bonchev–Trinajstić information content (AvgIpc) is 3.16. The molecule has 1 fully saturated rings. The minimum Gasteiger partial charge on any atom is -0.493 e. The topological polar surface area (TPSA) is 85.9 Å². The summed E-state index contributed by atoms with van der Waals surface area (Å²) in [5.74, 6) is 1.15. The highest BCUT2D eigenvalue weighted by molar-refractivity contribution is 5.96. The van der Waals surface area contributed by atoms with Gasteiger partial charge in [-0.05, 0) is 24.5 Å². The average molecular weight is 350 g/mol. The van der Waals surface area contributed by atoms with Gasteiger partial charge in [-0.25, -0.2) is 0 Å². The fraction of sp³-hybridized carbons (Fsp3) is 0.556. The van der Waals surface area contributed by atoms with E-state index in [1.807, 2.05) is 0 Å². The van der Waals surface area contributed by atoms with Crippen LogP contribution in [0.15, 0.2) is 12.1 Å². The van der Waals surface area contributed by atoms with Crippen molar-refractivity contribution >= 4 is 11.8 Å². The molecule has 0 unspecified atom stereocenters. The minimum atomic E-state index is -0.450. The van der Waals surface area contributed by atoms with Crippen molar-refractivity contribution in [2.45, 2.75) is 38.5 Å². The first-order chi connectivity index (χ1) is 12.1. The molecular weight excluding hydrogens is 324 g/mol. The monoisotopic (exact) mass is 350 g/mol. The van der Waals surface area contributed by atoms with Crippen molar-refractivity contribution < 1.29 is 23.8 Å². The van der Waals surface area contributed by atoms with Gasteiger partial charge >= 0.3 is 0 Å². The van der Waals surface area contributed by atoms with Gasteiger partial charge in [-0.2, -0.15) is 0 Å². The molecule has 138 valence electrons. The zero-order valence-electron chi connectivity index (χ0n) is 15.0. The maximum atomic E-state index is 12.3. The second kappa shape index (κ2) is 9.15. The van der Waals surface area contributed by atoms with Crippen molar-refractivity contribution in [3.05, 3.63) is 17.7 Å². The number of nitrogens with one attached hydrogen (secondary N) is 2. The van der Waals surface area contributed by atoms with Gasteiger partial charge in [0.05, 0.1) is 21.3 Å². The molecule has 7 heteroatoms. The number of carbonyl (C=O) groups excluding carboxylic acids is 2. The molecule has 2 N–H and O–H groups in total. The van der Waals surface area contributed by atoms with E-state index < -0.39 is 5.91 Å². The molecule has 0 heterocycles. The van der Waals surface area contributed by atoms with Crippen molar-refractivity contribution in [3.8, 4) is 17.2 Å². The van der Waals surface area contributed by atoms with Crippen LogP contribution in [0.5, 0.6) is 17.2 Å². The normalized spacial score (nSPS) is 14.0. The molecule has 0 aliphatic heterocycles. The first-order valence-electron chi connectivity index (χ1n) is 8.48. The van der Waals surface area contributed by atoms with E-state index in [9.17, 15) is 9.59 Å². The van der Waals surface area contributed by atoms with Crippen molar-refractivity contribution in [1.29, 1.82) is 0 Å². The Morgan fingerprint density at radius 3 is 2.12 bits per heavy atom. The van der Waals surface area contributed by atoms with Crippen LogP contribution in [0.2, 0.25) is 0 Å². The number of hydrogen-bond acceptors (Lipinski definition) is 5. The van der Waals surface area contributed by atoms with Crippen LogP contribution in [-0.2, 0) is 4.79 Å². The molecule has 0 saturated heterocycles. The Bertz CT molecular complexity index is 586. The van der Waals surface area contributed by atoms with Crippen molar-refractivity contribution in [3.63, 3.8) is 0 Å². The Hall–Kier alpha value is -2.44. The molecule has 1 aliphatic carbocycles. The number of hydrazine groups is 1. The third-order valence-corrected chi connectivity index (χ3v) is 4.50. The summed E-state index contributed by atoms with van der Waals surface area (Å²) in [4.78, 5) is 24.2. The minimum absolute atomic E-state index is 0.187. The van der Waals surface area contributed by atoms with E-state index in [-0.39, 0.29) is 5.91 Å². The predicted octanol–water partition coefficient (Wildman–Crippen LogP) is 2.44. The molecule has 0 spiro atoms. The van der Waals surface area contributed by atoms with Gasteiger partial charge in [0.1, 0.15) is 0 Å².